The van der Waals surface area contributed by atoms with Crippen LogP contribution in [0.1, 0.15) is 46.5 Å². The molecule has 1 fully saturated rings. The topological polar surface area (TPSA) is 38.3 Å². The van der Waals surface area contributed by atoms with Crippen molar-refractivity contribution in [3.05, 3.63) is 0 Å². The molecule has 106 valence electrons. The first-order valence-corrected chi connectivity index (χ1v) is 8.29. The fourth-order valence-electron chi connectivity index (χ4n) is 1.67. The largest absolute Gasteiger partial charge is 0.465 e. The standard InChI is InChI=1S/C14H27NO2S/c1-4-17-14(16)13(15-12-5-6-12)8-10-18-9-7-11(2)3/h11-13,15H,4-10H2,1-3H3. The Morgan fingerprint density at radius 1 is 1.33 bits per heavy atom. The van der Waals surface area contributed by atoms with Gasteiger partial charge in [-0.1, -0.05) is 13.8 Å². The molecule has 0 bridgehead atoms. The maximum absolute atomic E-state index is 11.8. The fourth-order valence-corrected chi connectivity index (χ4v) is 2.91. The van der Waals surface area contributed by atoms with Crippen LogP contribution in [-0.2, 0) is 9.53 Å². The molecule has 18 heavy (non-hydrogen) atoms. The van der Waals surface area contributed by atoms with Crippen LogP contribution in [0.5, 0.6) is 0 Å². The first kappa shape index (κ1) is 15.8. The van der Waals surface area contributed by atoms with Crippen LogP contribution in [0.3, 0.4) is 0 Å². The molecule has 0 aliphatic heterocycles. The monoisotopic (exact) mass is 273 g/mol. The molecule has 1 saturated carbocycles. The SMILES string of the molecule is CCOC(=O)C(CCSCCC(C)C)NC1CC1. The first-order valence-electron chi connectivity index (χ1n) is 7.14. The van der Waals surface area contributed by atoms with Crippen LogP contribution in [0.25, 0.3) is 0 Å². The second-order valence-corrected chi connectivity index (χ2v) is 6.55. The number of hydrogen-bond acceptors (Lipinski definition) is 4. The maximum atomic E-state index is 11.8. The van der Waals surface area contributed by atoms with Gasteiger partial charge in [0.1, 0.15) is 6.04 Å². The molecular weight excluding hydrogens is 246 g/mol. The van der Waals surface area contributed by atoms with Crippen LogP contribution in [0.4, 0.5) is 0 Å². The lowest BCUT2D eigenvalue weighted by molar-refractivity contribution is -0.145. The summed E-state index contributed by atoms with van der Waals surface area (Å²) >= 11 is 1.95. The summed E-state index contributed by atoms with van der Waals surface area (Å²) in [5, 5.41) is 3.39. The zero-order valence-corrected chi connectivity index (χ0v) is 12.7. The van der Waals surface area contributed by atoms with Crippen LogP contribution >= 0.6 is 11.8 Å². The van der Waals surface area contributed by atoms with Crippen molar-refractivity contribution in [2.45, 2.75) is 58.5 Å². The number of hydrogen-bond donors (Lipinski definition) is 1. The summed E-state index contributed by atoms with van der Waals surface area (Å²) in [6.45, 7) is 6.83. The van der Waals surface area contributed by atoms with E-state index in [0.717, 1.165) is 18.1 Å². The molecule has 1 N–H and O–H groups in total. The number of carbonyl (C=O) groups is 1. The van der Waals surface area contributed by atoms with Gasteiger partial charge in [-0.2, -0.15) is 11.8 Å². The predicted octanol–water partition coefficient (Wildman–Crippen LogP) is 2.84. The summed E-state index contributed by atoms with van der Waals surface area (Å²) in [5.74, 6) is 2.92. The number of carbonyl (C=O) groups excluding carboxylic acids is 1. The predicted molar refractivity (Wildman–Crippen MR) is 78.0 cm³/mol. The van der Waals surface area contributed by atoms with E-state index in [4.69, 9.17) is 4.74 Å². The molecule has 3 nitrogen and oxygen atoms in total. The van der Waals surface area contributed by atoms with Crippen molar-refractivity contribution in [3.63, 3.8) is 0 Å². The van der Waals surface area contributed by atoms with Crippen LogP contribution in [0.2, 0.25) is 0 Å². The minimum atomic E-state index is -0.0935. The quantitative estimate of drug-likeness (QED) is 0.491. The smallest absolute Gasteiger partial charge is 0.323 e. The van der Waals surface area contributed by atoms with E-state index in [1.54, 1.807) is 0 Å². The molecule has 0 aromatic heterocycles. The van der Waals surface area contributed by atoms with Crippen molar-refractivity contribution in [2.75, 3.05) is 18.1 Å². The van der Waals surface area contributed by atoms with Crippen LogP contribution < -0.4 is 5.32 Å². The molecule has 4 heteroatoms. The summed E-state index contributed by atoms with van der Waals surface area (Å²) in [7, 11) is 0. The number of rotatable bonds is 10. The van der Waals surface area contributed by atoms with E-state index in [2.05, 4.69) is 19.2 Å². The third-order valence-electron chi connectivity index (χ3n) is 2.98. The summed E-state index contributed by atoms with van der Waals surface area (Å²) in [4.78, 5) is 11.8. The Kier molecular flexibility index (Phi) is 7.75. The molecule has 0 aromatic rings. The van der Waals surface area contributed by atoms with Gasteiger partial charge in [0.2, 0.25) is 0 Å². The molecule has 1 atom stereocenters. The van der Waals surface area contributed by atoms with Gasteiger partial charge in [-0.05, 0) is 50.0 Å². The van der Waals surface area contributed by atoms with E-state index in [1.165, 1.54) is 25.0 Å². The van der Waals surface area contributed by atoms with E-state index >= 15 is 0 Å². The average Bonchev–Trinajstić information content (AvgIpc) is 3.11. The molecule has 1 unspecified atom stereocenters. The van der Waals surface area contributed by atoms with E-state index in [9.17, 15) is 4.79 Å². The highest BCUT2D eigenvalue weighted by Crippen LogP contribution is 2.21. The maximum Gasteiger partial charge on any atom is 0.323 e. The van der Waals surface area contributed by atoms with E-state index < -0.39 is 0 Å². The van der Waals surface area contributed by atoms with E-state index in [1.807, 2.05) is 18.7 Å². The molecule has 1 aliphatic carbocycles. The lowest BCUT2D eigenvalue weighted by Crippen LogP contribution is -2.39. The summed E-state index contributed by atoms with van der Waals surface area (Å²) < 4.78 is 5.12. The van der Waals surface area contributed by atoms with Crippen LogP contribution in [0.15, 0.2) is 0 Å². The Morgan fingerprint density at radius 2 is 2.00 bits per heavy atom. The molecular formula is C14H27NO2S. The highest BCUT2D eigenvalue weighted by Gasteiger charge is 2.28. The zero-order valence-electron chi connectivity index (χ0n) is 11.9. The second kappa shape index (κ2) is 8.81. The number of ether oxygens (including phenoxy) is 1. The molecule has 0 heterocycles. The molecule has 0 amide bonds. The van der Waals surface area contributed by atoms with Gasteiger partial charge in [0.05, 0.1) is 6.61 Å². The van der Waals surface area contributed by atoms with Gasteiger partial charge < -0.3 is 10.1 Å². The highest BCUT2D eigenvalue weighted by molar-refractivity contribution is 7.99. The average molecular weight is 273 g/mol. The van der Waals surface area contributed by atoms with Gasteiger partial charge in [0.15, 0.2) is 0 Å². The van der Waals surface area contributed by atoms with E-state index in [0.29, 0.717) is 12.6 Å². The van der Waals surface area contributed by atoms with Gasteiger partial charge in [0.25, 0.3) is 0 Å². The molecule has 0 saturated heterocycles. The Bertz CT molecular complexity index is 242. The Balaban J connectivity index is 2.16. The van der Waals surface area contributed by atoms with Gasteiger partial charge in [-0.3, -0.25) is 4.79 Å². The fraction of sp³-hybridized carbons (Fsp3) is 0.929. The lowest BCUT2D eigenvalue weighted by atomic mass is 10.2. The highest BCUT2D eigenvalue weighted by atomic mass is 32.2. The lowest BCUT2D eigenvalue weighted by Gasteiger charge is -2.16. The van der Waals surface area contributed by atoms with Gasteiger partial charge in [-0.25, -0.2) is 0 Å². The van der Waals surface area contributed by atoms with Crippen molar-refractivity contribution in [1.82, 2.24) is 5.32 Å². The molecule has 0 aromatic carbocycles. The third kappa shape index (κ3) is 7.27. The molecule has 0 radical (unpaired) electrons. The normalized spacial score (nSPS) is 16.9. The minimum absolute atomic E-state index is 0.0751. The Morgan fingerprint density at radius 3 is 2.56 bits per heavy atom. The molecule has 0 spiro atoms. The molecule has 1 aliphatic rings. The van der Waals surface area contributed by atoms with Crippen molar-refractivity contribution in [2.24, 2.45) is 5.92 Å². The third-order valence-corrected chi connectivity index (χ3v) is 4.02. The van der Waals surface area contributed by atoms with Gasteiger partial charge in [0, 0.05) is 6.04 Å². The summed E-state index contributed by atoms with van der Waals surface area (Å²) in [6.07, 6.45) is 4.55. The number of thioether (sulfide) groups is 1. The van der Waals surface area contributed by atoms with E-state index in [-0.39, 0.29) is 12.0 Å². The van der Waals surface area contributed by atoms with Crippen LogP contribution in [0, 0.1) is 5.92 Å². The van der Waals surface area contributed by atoms with Gasteiger partial charge >= 0.3 is 5.97 Å². The van der Waals surface area contributed by atoms with Gasteiger partial charge in [-0.15, -0.1) is 0 Å². The van der Waals surface area contributed by atoms with Crippen molar-refractivity contribution >= 4 is 17.7 Å². The van der Waals surface area contributed by atoms with Crippen molar-refractivity contribution < 1.29 is 9.53 Å². The Labute approximate surface area is 115 Å². The first-order chi connectivity index (χ1) is 8.63. The molecule has 1 rings (SSSR count). The number of esters is 1. The Hall–Kier alpha value is -0.220. The van der Waals surface area contributed by atoms with Crippen LogP contribution in [-0.4, -0.2) is 36.2 Å². The summed E-state index contributed by atoms with van der Waals surface area (Å²) in [5.41, 5.74) is 0. The van der Waals surface area contributed by atoms with Crippen molar-refractivity contribution in [1.29, 1.82) is 0 Å². The zero-order chi connectivity index (χ0) is 13.4. The number of nitrogens with one attached hydrogen (secondary N) is 1. The van der Waals surface area contributed by atoms with Crippen molar-refractivity contribution in [3.8, 4) is 0 Å². The second-order valence-electron chi connectivity index (χ2n) is 5.33. The summed E-state index contributed by atoms with van der Waals surface area (Å²) in [6, 6.07) is 0.462. The minimum Gasteiger partial charge on any atom is -0.465 e.